The van der Waals surface area contributed by atoms with E-state index >= 15 is 0 Å². The molecule has 0 aliphatic carbocycles. The molecule has 3 rings (SSSR count). The molecule has 2 aromatic rings. The second-order valence-electron chi connectivity index (χ2n) is 7.60. The number of aryl methyl sites for hydroxylation is 1. The lowest BCUT2D eigenvalue weighted by atomic mass is 10.1. The zero-order valence-corrected chi connectivity index (χ0v) is 20.1. The van der Waals surface area contributed by atoms with E-state index in [-0.39, 0.29) is 23.3 Å². The van der Waals surface area contributed by atoms with E-state index in [0.29, 0.717) is 28.5 Å². The summed E-state index contributed by atoms with van der Waals surface area (Å²) in [6.45, 7) is 2.12. The van der Waals surface area contributed by atoms with Crippen molar-refractivity contribution in [2.75, 3.05) is 44.6 Å². The van der Waals surface area contributed by atoms with Crippen LogP contribution in [0.3, 0.4) is 0 Å². The number of amides is 2. The van der Waals surface area contributed by atoms with Crippen LogP contribution < -0.4 is 10.1 Å². The Bertz CT molecular complexity index is 1100. The lowest BCUT2D eigenvalue weighted by molar-refractivity contribution is -0.132. The van der Waals surface area contributed by atoms with E-state index in [4.69, 9.17) is 4.74 Å². The van der Waals surface area contributed by atoms with Gasteiger partial charge in [-0.2, -0.15) is 16.1 Å². The Morgan fingerprint density at radius 3 is 2.44 bits per heavy atom. The van der Waals surface area contributed by atoms with Crippen molar-refractivity contribution in [3.63, 3.8) is 0 Å². The van der Waals surface area contributed by atoms with Crippen molar-refractivity contribution in [2.24, 2.45) is 0 Å². The first-order valence-corrected chi connectivity index (χ1v) is 12.6. The molecule has 1 aliphatic heterocycles. The summed E-state index contributed by atoms with van der Waals surface area (Å²) in [4.78, 5) is 26.6. The highest BCUT2D eigenvalue weighted by Gasteiger charge is 2.38. The number of hydrogen-bond donors (Lipinski definition) is 1. The first kappa shape index (κ1) is 24.1. The van der Waals surface area contributed by atoms with Crippen molar-refractivity contribution in [1.82, 2.24) is 9.21 Å². The van der Waals surface area contributed by atoms with Gasteiger partial charge in [-0.1, -0.05) is 0 Å². The zero-order chi connectivity index (χ0) is 23.5. The normalized spacial score (nSPS) is 16.9. The quantitative estimate of drug-likeness (QED) is 0.687. The van der Waals surface area contributed by atoms with Crippen molar-refractivity contribution in [1.29, 1.82) is 0 Å². The van der Waals surface area contributed by atoms with Gasteiger partial charge in [0.15, 0.2) is 0 Å². The Kier molecular flexibility index (Phi) is 7.47. The van der Waals surface area contributed by atoms with E-state index in [1.165, 1.54) is 21.3 Å². The summed E-state index contributed by atoms with van der Waals surface area (Å²) in [5.41, 5.74) is 1.77. The molecule has 2 aromatic carbocycles. The number of nitrogens with one attached hydrogen (secondary N) is 1. The average Bonchev–Trinajstić information content (AvgIpc) is 2.78. The summed E-state index contributed by atoms with van der Waals surface area (Å²) in [6.07, 6.45) is 0. The minimum Gasteiger partial charge on any atom is -0.496 e. The molecule has 10 heteroatoms. The van der Waals surface area contributed by atoms with E-state index in [1.54, 1.807) is 63.3 Å². The van der Waals surface area contributed by atoms with Crippen LogP contribution in [0.25, 0.3) is 0 Å². The third-order valence-electron chi connectivity index (χ3n) is 5.18. The second kappa shape index (κ2) is 9.93. The van der Waals surface area contributed by atoms with Gasteiger partial charge in [-0.3, -0.25) is 9.59 Å². The van der Waals surface area contributed by atoms with Crippen LogP contribution in [-0.2, 0) is 14.8 Å². The monoisotopic (exact) mass is 477 g/mol. The Labute approximate surface area is 193 Å². The fourth-order valence-electron chi connectivity index (χ4n) is 3.44. The van der Waals surface area contributed by atoms with Gasteiger partial charge in [0.05, 0.1) is 12.0 Å². The summed E-state index contributed by atoms with van der Waals surface area (Å²) >= 11 is 1.57. The predicted molar refractivity (Wildman–Crippen MR) is 126 cm³/mol. The number of likely N-dealkylation sites (N-methyl/N-ethyl adjacent to an activating group) is 1. The van der Waals surface area contributed by atoms with Crippen molar-refractivity contribution in [2.45, 2.75) is 17.9 Å². The molecule has 172 valence electrons. The number of methoxy groups -OCH3 is 1. The molecule has 0 bridgehead atoms. The second-order valence-corrected chi connectivity index (χ2v) is 10.6. The lowest BCUT2D eigenvalue weighted by Gasteiger charge is -2.34. The molecular formula is C22H27N3O5S2. The number of benzene rings is 2. The van der Waals surface area contributed by atoms with E-state index in [0.717, 1.165) is 5.56 Å². The zero-order valence-electron chi connectivity index (χ0n) is 18.5. The first-order chi connectivity index (χ1) is 15.1. The summed E-state index contributed by atoms with van der Waals surface area (Å²) in [5, 5.41) is 2.77. The Hall–Kier alpha value is -2.56. The van der Waals surface area contributed by atoms with E-state index < -0.39 is 16.1 Å². The standard InChI is InChI=1S/C22H27N3O5S2/c1-15-13-16(5-10-20(15)30-4)21(26)23-17-6-8-18(9-7-17)32(28,29)25-11-12-31-14-19(25)22(27)24(2)3/h5-10,13,19H,11-12,14H2,1-4H3,(H,23,26). The van der Waals surface area contributed by atoms with Crippen LogP contribution in [0.15, 0.2) is 47.4 Å². The Morgan fingerprint density at radius 1 is 1.16 bits per heavy atom. The molecule has 8 nitrogen and oxygen atoms in total. The van der Waals surface area contributed by atoms with Gasteiger partial charge < -0.3 is 15.0 Å². The van der Waals surface area contributed by atoms with Crippen LogP contribution in [0.1, 0.15) is 15.9 Å². The molecule has 2 amide bonds. The minimum absolute atomic E-state index is 0.0826. The highest BCUT2D eigenvalue weighted by Crippen LogP contribution is 2.27. The van der Waals surface area contributed by atoms with Gasteiger partial charge in [0.25, 0.3) is 5.91 Å². The SMILES string of the molecule is COc1ccc(C(=O)Nc2ccc(S(=O)(=O)N3CCSCC3C(=O)N(C)C)cc2)cc1C. The number of anilines is 1. The number of carbonyl (C=O) groups excluding carboxylic acids is 2. The smallest absolute Gasteiger partial charge is 0.255 e. The van der Waals surface area contributed by atoms with Crippen molar-refractivity contribution < 1.29 is 22.7 Å². The third-order valence-corrected chi connectivity index (χ3v) is 8.13. The number of sulfonamides is 1. The summed E-state index contributed by atoms with van der Waals surface area (Å²) in [5.74, 6) is 1.20. The molecule has 1 fully saturated rings. The maximum atomic E-state index is 13.2. The summed E-state index contributed by atoms with van der Waals surface area (Å²) in [6, 6.07) is 10.4. The number of rotatable bonds is 6. The van der Waals surface area contributed by atoms with E-state index in [1.807, 2.05) is 6.92 Å². The third kappa shape index (κ3) is 5.08. The first-order valence-electron chi connectivity index (χ1n) is 10.0. The highest BCUT2D eigenvalue weighted by atomic mass is 32.2. The van der Waals surface area contributed by atoms with Crippen LogP contribution in [0, 0.1) is 6.92 Å². The van der Waals surface area contributed by atoms with Gasteiger partial charge in [-0.05, 0) is 55.0 Å². The van der Waals surface area contributed by atoms with Gasteiger partial charge in [0.1, 0.15) is 11.8 Å². The number of thioether (sulfide) groups is 1. The van der Waals surface area contributed by atoms with Crippen molar-refractivity contribution in [3.05, 3.63) is 53.6 Å². The van der Waals surface area contributed by atoms with Gasteiger partial charge in [0.2, 0.25) is 15.9 Å². The lowest BCUT2D eigenvalue weighted by Crippen LogP contribution is -2.53. The fraction of sp³-hybridized carbons (Fsp3) is 0.364. The fourth-order valence-corrected chi connectivity index (χ4v) is 6.27. The van der Waals surface area contributed by atoms with Crippen LogP contribution in [-0.4, -0.2) is 74.7 Å². The average molecular weight is 478 g/mol. The van der Waals surface area contributed by atoms with E-state index in [9.17, 15) is 18.0 Å². The van der Waals surface area contributed by atoms with Gasteiger partial charge in [-0.15, -0.1) is 0 Å². The molecule has 0 radical (unpaired) electrons. The maximum absolute atomic E-state index is 13.2. The molecule has 1 heterocycles. The number of nitrogens with zero attached hydrogens (tertiary/aromatic N) is 2. The molecule has 0 spiro atoms. The topological polar surface area (TPSA) is 96.0 Å². The molecule has 1 saturated heterocycles. The van der Waals surface area contributed by atoms with Gasteiger partial charge in [0, 0.05) is 43.4 Å². The minimum atomic E-state index is -3.85. The summed E-state index contributed by atoms with van der Waals surface area (Å²) < 4.78 is 32.9. The number of hydrogen-bond acceptors (Lipinski definition) is 6. The summed E-state index contributed by atoms with van der Waals surface area (Å²) in [7, 11) is 0.952. The van der Waals surface area contributed by atoms with Crippen LogP contribution in [0.5, 0.6) is 5.75 Å². The van der Waals surface area contributed by atoms with Crippen LogP contribution in [0.4, 0.5) is 5.69 Å². The molecule has 0 aromatic heterocycles. The molecule has 1 N–H and O–H groups in total. The highest BCUT2D eigenvalue weighted by molar-refractivity contribution is 7.99. The molecule has 0 saturated carbocycles. The number of ether oxygens (including phenoxy) is 1. The molecule has 1 unspecified atom stereocenters. The Morgan fingerprint density at radius 2 is 1.84 bits per heavy atom. The largest absolute Gasteiger partial charge is 0.496 e. The predicted octanol–water partition coefficient (Wildman–Crippen LogP) is 2.45. The van der Waals surface area contributed by atoms with Crippen LogP contribution >= 0.6 is 11.8 Å². The van der Waals surface area contributed by atoms with Gasteiger partial charge in [-0.25, -0.2) is 8.42 Å². The molecule has 1 atom stereocenters. The molecule has 32 heavy (non-hydrogen) atoms. The van der Waals surface area contributed by atoms with Crippen LogP contribution in [0.2, 0.25) is 0 Å². The Balaban J connectivity index is 1.77. The molecule has 1 aliphatic rings. The van der Waals surface area contributed by atoms with E-state index in [2.05, 4.69) is 5.32 Å². The molecular weight excluding hydrogens is 450 g/mol. The van der Waals surface area contributed by atoms with Gasteiger partial charge >= 0.3 is 0 Å². The van der Waals surface area contributed by atoms with Crippen molar-refractivity contribution in [3.8, 4) is 5.75 Å². The number of carbonyl (C=O) groups is 2. The van der Waals surface area contributed by atoms with Crippen molar-refractivity contribution >= 4 is 39.3 Å². The maximum Gasteiger partial charge on any atom is 0.255 e.